The van der Waals surface area contributed by atoms with Crippen LogP contribution in [0.5, 0.6) is 0 Å². The van der Waals surface area contributed by atoms with Crippen LogP contribution in [0.4, 0.5) is 0 Å². The molecule has 2 heteroatoms. The Morgan fingerprint density at radius 1 is 1.25 bits per heavy atom. The summed E-state index contributed by atoms with van der Waals surface area (Å²) >= 11 is 0. The molecule has 48 valence electrons. The molecule has 2 nitrogen and oxygen atoms in total. The lowest BCUT2D eigenvalue weighted by atomic mass is 10.0. The molecule has 0 amide bonds. The number of hydrogen-bond acceptors (Lipinski definition) is 2. The third-order valence-corrected chi connectivity index (χ3v) is 1.07. The molecule has 0 aromatic heterocycles. The van der Waals surface area contributed by atoms with Crippen LogP contribution in [0, 0.1) is 0 Å². The monoisotopic (exact) mass is 116 g/mol. The molecular weight excluding hydrogens is 104 g/mol. The van der Waals surface area contributed by atoms with Gasteiger partial charge in [0.15, 0.2) is 0 Å². The molecule has 0 aromatic rings. The molecule has 8 heavy (non-hydrogen) atoms. The van der Waals surface area contributed by atoms with E-state index in [9.17, 15) is 0 Å². The van der Waals surface area contributed by atoms with Crippen LogP contribution in [0.2, 0.25) is 0 Å². The van der Waals surface area contributed by atoms with Gasteiger partial charge in [0.25, 0.3) is 0 Å². The van der Waals surface area contributed by atoms with Crippen LogP contribution in [0.15, 0.2) is 12.8 Å². The van der Waals surface area contributed by atoms with Gasteiger partial charge in [-0.25, -0.2) is 5.26 Å². The van der Waals surface area contributed by atoms with Gasteiger partial charge >= 0.3 is 0 Å². The summed E-state index contributed by atoms with van der Waals surface area (Å²) in [6.45, 7) is 3.01. The van der Waals surface area contributed by atoms with Crippen molar-refractivity contribution < 1.29 is 10.1 Å². The second-order valence-electron chi connectivity index (χ2n) is 1.69. The predicted octanol–water partition coefficient (Wildman–Crippen LogP) is 2.18. The molecule has 0 spiro atoms. The molecular formula is C6H12O2. The van der Waals surface area contributed by atoms with Crippen molar-refractivity contribution in [2.75, 3.05) is 0 Å². The van der Waals surface area contributed by atoms with E-state index in [1.54, 1.807) is 0 Å². The van der Waals surface area contributed by atoms with Crippen LogP contribution in [-0.2, 0) is 4.89 Å². The van der Waals surface area contributed by atoms with Gasteiger partial charge in [-0.05, 0) is 0 Å². The smallest absolute Gasteiger partial charge is 0.122 e. The van der Waals surface area contributed by atoms with Gasteiger partial charge in [0.05, 0.1) is 0 Å². The summed E-state index contributed by atoms with van der Waals surface area (Å²) in [7, 11) is 0. The fraction of sp³-hybridized carbons (Fsp3) is 0.667. The minimum Gasteiger partial charge on any atom is -0.349 e. The van der Waals surface area contributed by atoms with E-state index in [2.05, 4.69) is 11.5 Å². The van der Waals surface area contributed by atoms with Crippen LogP contribution >= 0.6 is 0 Å². The molecule has 1 fully saturated rings. The van der Waals surface area contributed by atoms with E-state index in [1.165, 1.54) is 25.7 Å². The van der Waals surface area contributed by atoms with Gasteiger partial charge in [-0.2, -0.15) is 0 Å². The zero-order valence-electron chi connectivity index (χ0n) is 4.97. The lowest BCUT2D eigenvalue weighted by Gasteiger charge is -2.05. The van der Waals surface area contributed by atoms with Crippen molar-refractivity contribution in [3.8, 4) is 0 Å². The third kappa shape index (κ3) is 5.50. The minimum atomic E-state index is 0.931. The maximum atomic E-state index is 7.26. The zero-order chi connectivity index (χ0) is 6.24. The zero-order valence-corrected chi connectivity index (χ0v) is 4.97. The highest BCUT2D eigenvalue weighted by Crippen LogP contribution is 2.15. The van der Waals surface area contributed by atoms with Crippen LogP contribution < -0.4 is 0 Å². The van der Waals surface area contributed by atoms with E-state index in [1.807, 2.05) is 0 Å². The Hall–Kier alpha value is -0.500. The molecule has 0 radical (unpaired) electrons. The van der Waals surface area contributed by atoms with Crippen LogP contribution in [0.3, 0.4) is 0 Å². The fourth-order valence-corrected chi connectivity index (χ4v) is 0.250. The predicted molar refractivity (Wildman–Crippen MR) is 32.4 cm³/mol. The molecule has 1 aliphatic rings. The molecule has 0 heterocycles. The van der Waals surface area contributed by atoms with Crippen molar-refractivity contribution in [3.05, 3.63) is 12.8 Å². The summed E-state index contributed by atoms with van der Waals surface area (Å²) in [5, 5.41) is 7.26. The van der Waals surface area contributed by atoms with Crippen LogP contribution in [0.25, 0.3) is 0 Å². The van der Waals surface area contributed by atoms with Gasteiger partial charge in [-0.3, -0.25) is 0 Å². The highest BCUT2D eigenvalue weighted by atomic mass is 17.1. The largest absolute Gasteiger partial charge is 0.349 e. The lowest BCUT2D eigenvalue weighted by Crippen LogP contribution is -1.85. The van der Waals surface area contributed by atoms with Crippen molar-refractivity contribution in [2.24, 2.45) is 0 Å². The van der Waals surface area contributed by atoms with Crippen molar-refractivity contribution in [3.63, 3.8) is 0 Å². The van der Waals surface area contributed by atoms with E-state index >= 15 is 0 Å². The molecule has 0 bridgehead atoms. The molecule has 0 saturated heterocycles. The summed E-state index contributed by atoms with van der Waals surface area (Å²) in [6, 6.07) is 0. The Kier molecular flexibility index (Phi) is 6.09. The van der Waals surface area contributed by atoms with Gasteiger partial charge in [-0.15, -0.1) is 0 Å². The highest BCUT2D eigenvalue weighted by molar-refractivity contribution is 4.50. The second-order valence-corrected chi connectivity index (χ2v) is 1.69. The first kappa shape index (κ1) is 7.50. The highest BCUT2D eigenvalue weighted by Gasteiger charge is 1.95. The fourth-order valence-electron chi connectivity index (χ4n) is 0.250. The first-order valence-electron chi connectivity index (χ1n) is 2.83. The summed E-state index contributed by atoms with van der Waals surface area (Å²) in [4.78, 5) is 3.31. The van der Waals surface area contributed by atoms with E-state index < -0.39 is 0 Å². The first-order valence-corrected chi connectivity index (χ1v) is 2.83. The number of rotatable bonds is 1. The number of hydrogen-bond donors (Lipinski definition) is 1. The maximum absolute atomic E-state index is 7.26. The van der Waals surface area contributed by atoms with Crippen molar-refractivity contribution in [1.29, 1.82) is 0 Å². The Bertz CT molecular complexity index is 44.5. The van der Waals surface area contributed by atoms with Crippen molar-refractivity contribution in [1.82, 2.24) is 0 Å². The Balaban J connectivity index is 0.000000122. The van der Waals surface area contributed by atoms with E-state index in [0.29, 0.717) is 0 Å². The second kappa shape index (κ2) is 6.50. The summed E-state index contributed by atoms with van der Waals surface area (Å²) < 4.78 is 0. The van der Waals surface area contributed by atoms with E-state index in [0.717, 1.165) is 6.26 Å². The molecule has 0 aromatic carbocycles. The van der Waals surface area contributed by atoms with Crippen LogP contribution in [0.1, 0.15) is 25.7 Å². The molecule has 1 aliphatic carbocycles. The van der Waals surface area contributed by atoms with E-state index in [-0.39, 0.29) is 0 Å². The van der Waals surface area contributed by atoms with Gasteiger partial charge in [0, 0.05) is 0 Å². The summed E-state index contributed by atoms with van der Waals surface area (Å²) in [5.74, 6) is 0. The van der Waals surface area contributed by atoms with Gasteiger partial charge in [0.1, 0.15) is 6.26 Å². The molecule has 0 aliphatic heterocycles. The lowest BCUT2D eigenvalue weighted by molar-refractivity contribution is -0.186. The van der Waals surface area contributed by atoms with Crippen molar-refractivity contribution in [2.45, 2.75) is 25.7 Å². The Morgan fingerprint density at radius 2 is 1.50 bits per heavy atom. The molecule has 1 rings (SSSR count). The molecule has 0 atom stereocenters. The summed E-state index contributed by atoms with van der Waals surface area (Å²) in [6.07, 6.45) is 6.93. The Labute approximate surface area is 49.7 Å². The van der Waals surface area contributed by atoms with Gasteiger partial charge in [0.2, 0.25) is 0 Å². The Morgan fingerprint density at radius 3 is 1.50 bits per heavy atom. The molecule has 1 N–H and O–H groups in total. The maximum Gasteiger partial charge on any atom is 0.122 e. The molecule has 1 saturated carbocycles. The third-order valence-electron chi connectivity index (χ3n) is 1.07. The summed E-state index contributed by atoms with van der Waals surface area (Å²) in [5.41, 5.74) is 0. The average Bonchev–Trinajstić information content (AvgIpc) is 1.61. The first-order chi connectivity index (χ1) is 3.91. The van der Waals surface area contributed by atoms with Gasteiger partial charge in [-0.1, -0.05) is 32.3 Å². The minimum absolute atomic E-state index is 0.931. The average molecular weight is 116 g/mol. The quantitative estimate of drug-likeness (QED) is 0.323. The normalized spacial score (nSPS) is 14.6. The topological polar surface area (TPSA) is 29.5 Å². The molecule has 0 unspecified atom stereocenters. The van der Waals surface area contributed by atoms with E-state index in [4.69, 9.17) is 5.26 Å². The standard InChI is InChI=1S/C4H8.C2H4O2/c1-2-4-3-1;1-2-4-3/h1-4H2;2-3H,1H2. The SMILES string of the molecule is C1CCC1.C=COO. The van der Waals surface area contributed by atoms with Crippen molar-refractivity contribution >= 4 is 0 Å². The van der Waals surface area contributed by atoms with Crippen LogP contribution in [-0.4, -0.2) is 5.26 Å². The van der Waals surface area contributed by atoms with Gasteiger partial charge < -0.3 is 4.89 Å².